The lowest BCUT2D eigenvalue weighted by molar-refractivity contribution is -0.0000808. The van der Waals surface area contributed by atoms with Gasteiger partial charge >= 0.3 is 13.2 Å². The Morgan fingerprint density at radius 1 is 1.16 bits per heavy atom. The number of ether oxygens (including phenoxy) is 1. The third kappa shape index (κ3) is 5.47. The zero-order valence-electron chi connectivity index (χ0n) is 20.3. The largest absolute Gasteiger partial charge is 0.494 e. The third-order valence-corrected chi connectivity index (χ3v) is 7.48. The minimum absolute atomic E-state index is 0.0460. The third-order valence-electron chi connectivity index (χ3n) is 6.08. The van der Waals surface area contributed by atoms with Crippen molar-refractivity contribution in [1.82, 2.24) is 9.62 Å². The first-order chi connectivity index (χ1) is 14.5. The van der Waals surface area contributed by atoms with Gasteiger partial charge in [-0.15, -0.1) is 0 Å². The summed E-state index contributed by atoms with van der Waals surface area (Å²) >= 11 is 0. The van der Waals surface area contributed by atoms with Crippen LogP contribution in [0.15, 0.2) is 23.1 Å². The smallest absolute Gasteiger partial charge is 0.444 e. The van der Waals surface area contributed by atoms with Crippen LogP contribution >= 0.6 is 0 Å². The number of benzene rings is 1. The summed E-state index contributed by atoms with van der Waals surface area (Å²) in [7, 11) is -4.36. The minimum atomic E-state index is -3.73. The number of amides is 1. The summed E-state index contributed by atoms with van der Waals surface area (Å²) < 4.78 is 46.1. The number of nitrogens with zero attached hydrogens (tertiary/aromatic N) is 1. The fourth-order valence-corrected chi connectivity index (χ4v) is 4.79. The molecule has 0 unspecified atom stereocenters. The van der Waals surface area contributed by atoms with Crippen LogP contribution in [0.5, 0.6) is 0 Å². The highest BCUT2D eigenvalue weighted by Gasteiger charge is 2.51. The van der Waals surface area contributed by atoms with Gasteiger partial charge in [-0.1, -0.05) is 11.6 Å². The molecule has 1 aromatic carbocycles. The molecule has 1 amide bonds. The highest BCUT2D eigenvalue weighted by atomic mass is 32.2. The molecule has 0 radical (unpaired) electrons. The molecule has 0 aliphatic carbocycles. The molecule has 3 rings (SSSR count). The van der Waals surface area contributed by atoms with Crippen LogP contribution in [0.2, 0.25) is 0 Å². The molecule has 8 nitrogen and oxygen atoms in total. The Morgan fingerprint density at radius 2 is 1.72 bits per heavy atom. The number of hydrogen-bond donors (Lipinski definition) is 1. The van der Waals surface area contributed by atoms with Crippen molar-refractivity contribution in [3.63, 3.8) is 0 Å². The molecule has 0 saturated carbocycles. The summed E-state index contributed by atoms with van der Waals surface area (Å²) in [5.74, 6) is 0.0460. The van der Waals surface area contributed by atoms with E-state index in [1.165, 1.54) is 0 Å². The Morgan fingerprint density at radius 3 is 2.25 bits per heavy atom. The molecule has 2 fully saturated rings. The van der Waals surface area contributed by atoms with Gasteiger partial charge in [0.05, 0.1) is 16.1 Å². The van der Waals surface area contributed by atoms with Crippen molar-refractivity contribution in [1.29, 1.82) is 0 Å². The van der Waals surface area contributed by atoms with E-state index in [0.29, 0.717) is 18.6 Å². The number of nitrogens with one attached hydrogen (secondary N) is 1. The second-order valence-corrected chi connectivity index (χ2v) is 12.5. The van der Waals surface area contributed by atoms with Crippen molar-refractivity contribution < 1.29 is 27.3 Å². The topological polar surface area (TPSA) is 94.2 Å². The summed E-state index contributed by atoms with van der Waals surface area (Å²) in [5.41, 5.74) is -0.100. The zero-order valence-corrected chi connectivity index (χ0v) is 21.1. The highest BCUT2D eigenvalue weighted by Crippen LogP contribution is 2.36. The number of carbonyl (C=O) groups is 1. The van der Waals surface area contributed by atoms with Gasteiger partial charge in [0.2, 0.25) is 10.0 Å². The first-order valence-corrected chi connectivity index (χ1v) is 12.4. The standard InChI is InChI=1S/C22H35BN2O6S/c1-15-9-17(23-30-21(5,6)22(7,8)31-23)11-18(10-15)32(27,28)24-12-16-13-25(14-16)19(26)29-20(2,3)4/h9-11,16,24H,12-14H2,1-8H3. The van der Waals surface area contributed by atoms with Crippen LogP contribution in [0.1, 0.15) is 54.0 Å². The van der Waals surface area contributed by atoms with E-state index in [0.717, 1.165) is 5.56 Å². The lowest BCUT2D eigenvalue weighted by atomic mass is 9.78. The zero-order chi connectivity index (χ0) is 24.1. The SMILES string of the molecule is Cc1cc(B2OC(C)(C)C(C)(C)O2)cc(S(=O)(=O)NCC2CN(C(=O)OC(C)(C)C)C2)c1. The van der Waals surface area contributed by atoms with Gasteiger partial charge in [-0.2, -0.15) is 0 Å². The molecule has 2 saturated heterocycles. The van der Waals surface area contributed by atoms with E-state index in [4.69, 9.17) is 14.0 Å². The molecule has 178 valence electrons. The second-order valence-electron chi connectivity index (χ2n) is 10.8. The van der Waals surface area contributed by atoms with Gasteiger partial charge in [-0.3, -0.25) is 0 Å². The van der Waals surface area contributed by atoms with Crippen molar-refractivity contribution in [3.8, 4) is 0 Å². The Hall–Kier alpha value is -1.62. The van der Waals surface area contributed by atoms with Crippen LogP contribution in [-0.4, -0.2) is 63.0 Å². The fourth-order valence-electron chi connectivity index (χ4n) is 3.53. The molecule has 10 heteroatoms. The normalized spacial score (nSPS) is 20.9. The highest BCUT2D eigenvalue weighted by molar-refractivity contribution is 7.89. The van der Waals surface area contributed by atoms with Gasteiger partial charge in [0.25, 0.3) is 0 Å². The summed E-state index contributed by atoms with van der Waals surface area (Å²) in [5, 5.41) is 0. The molecule has 1 N–H and O–H groups in total. The molecular formula is C22H35BN2O6S. The Kier molecular flexibility index (Phi) is 6.49. The van der Waals surface area contributed by atoms with E-state index >= 15 is 0 Å². The molecule has 32 heavy (non-hydrogen) atoms. The monoisotopic (exact) mass is 466 g/mol. The van der Waals surface area contributed by atoms with Gasteiger partial charge in [-0.25, -0.2) is 17.9 Å². The van der Waals surface area contributed by atoms with Gasteiger partial charge in [0.1, 0.15) is 5.60 Å². The molecule has 1 aromatic rings. The maximum Gasteiger partial charge on any atom is 0.494 e. The lowest BCUT2D eigenvalue weighted by Gasteiger charge is -2.39. The van der Waals surface area contributed by atoms with E-state index in [1.807, 2.05) is 61.5 Å². The van der Waals surface area contributed by atoms with Crippen LogP contribution in [0.4, 0.5) is 4.79 Å². The molecular weight excluding hydrogens is 431 g/mol. The molecule has 2 aliphatic heterocycles. The summed E-state index contributed by atoms with van der Waals surface area (Å²) in [6, 6.07) is 5.11. The van der Waals surface area contributed by atoms with E-state index in [1.54, 1.807) is 17.0 Å². The first-order valence-electron chi connectivity index (χ1n) is 10.9. The van der Waals surface area contributed by atoms with E-state index in [2.05, 4.69) is 4.72 Å². The maximum atomic E-state index is 13.0. The number of hydrogen-bond acceptors (Lipinski definition) is 6. The fraction of sp³-hybridized carbons (Fsp3) is 0.682. The number of likely N-dealkylation sites (tertiary alicyclic amines) is 1. The van der Waals surface area contributed by atoms with Gasteiger partial charge < -0.3 is 18.9 Å². The lowest BCUT2D eigenvalue weighted by Crippen LogP contribution is -2.54. The van der Waals surface area contributed by atoms with Crippen LogP contribution in [-0.2, 0) is 24.1 Å². The van der Waals surface area contributed by atoms with Crippen molar-refractivity contribution in [2.24, 2.45) is 5.92 Å². The Balaban J connectivity index is 1.63. The van der Waals surface area contributed by atoms with Crippen LogP contribution < -0.4 is 10.2 Å². The number of rotatable bonds is 5. The predicted octanol–water partition coefficient (Wildman–Crippen LogP) is 2.44. The maximum absolute atomic E-state index is 13.0. The predicted molar refractivity (Wildman–Crippen MR) is 123 cm³/mol. The molecule has 2 heterocycles. The van der Waals surface area contributed by atoms with Gasteiger partial charge in [0, 0.05) is 25.6 Å². The molecule has 0 aromatic heterocycles. The number of aryl methyl sites for hydroxylation is 1. The van der Waals surface area contributed by atoms with Crippen LogP contribution in [0, 0.1) is 12.8 Å². The van der Waals surface area contributed by atoms with Gasteiger partial charge in [-0.05, 0) is 73.0 Å². The quantitative estimate of drug-likeness (QED) is 0.670. The van der Waals surface area contributed by atoms with Crippen molar-refractivity contribution in [2.75, 3.05) is 19.6 Å². The van der Waals surface area contributed by atoms with Crippen molar-refractivity contribution >= 4 is 28.7 Å². The Labute approximate surface area is 192 Å². The second kappa shape index (κ2) is 8.31. The average molecular weight is 466 g/mol. The molecule has 2 aliphatic rings. The first kappa shape index (κ1) is 25.0. The van der Waals surface area contributed by atoms with Crippen molar-refractivity contribution in [2.45, 2.75) is 77.1 Å². The number of carbonyl (C=O) groups excluding carboxylic acids is 1. The van der Waals surface area contributed by atoms with Crippen LogP contribution in [0.3, 0.4) is 0 Å². The summed E-state index contributed by atoms with van der Waals surface area (Å²) in [6.07, 6.45) is -0.373. The van der Waals surface area contributed by atoms with E-state index in [-0.39, 0.29) is 23.5 Å². The Bertz CT molecular complexity index is 965. The summed E-state index contributed by atoms with van der Waals surface area (Å²) in [4.78, 5) is 13.8. The average Bonchev–Trinajstić information content (AvgIpc) is 2.79. The minimum Gasteiger partial charge on any atom is -0.444 e. The molecule has 0 spiro atoms. The molecule has 0 bridgehead atoms. The summed E-state index contributed by atoms with van der Waals surface area (Å²) in [6.45, 7) is 16.3. The van der Waals surface area contributed by atoms with Crippen LogP contribution in [0.25, 0.3) is 0 Å². The number of sulfonamides is 1. The van der Waals surface area contributed by atoms with E-state index in [9.17, 15) is 13.2 Å². The van der Waals surface area contributed by atoms with Gasteiger partial charge in [0.15, 0.2) is 0 Å². The molecule has 0 atom stereocenters. The van der Waals surface area contributed by atoms with E-state index < -0.39 is 33.9 Å². The van der Waals surface area contributed by atoms with Crippen molar-refractivity contribution in [3.05, 3.63) is 23.8 Å².